The highest BCUT2D eigenvalue weighted by atomic mass is 35.6. The molecule has 0 saturated carbocycles. The van der Waals surface area contributed by atoms with Gasteiger partial charge in [-0.05, 0) is 43.1 Å². The normalized spacial score (nSPS) is 22.1. The van der Waals surface area contributed by atoms with E-state index in [4.69, 9.17) is 31.6 Å². The molecule has 2 fully saturated rings. The minimum Gasteiger partial charge on any atom is -0.391 e. The minimum absolute atomic E-state index is 0.0314. The number of nitrogens with zero attached hydrogens (tertiary/aromatic N) is 4. The molecule has 13 nitrogen and oxygen atoms in total. The number of aliphatic hydroxyl groups is 1. The van der Waals surface area contributed by atoms with Gasteiger partial charge in [0, 0.05) is 31.6 Å². The van der Waals surface area contributed by atoms with E-state index in [2.05, 4.69) is 44.2 Å². The molecule has 6 atom stereocenters. The van der Waals surface area contributed by atoms with E-state index >= 15 is 0 Å². The Labute approximate surface area is 302 Å². The average Bonchev–Trinajstić information content (AvgIpc) is 3.76. The van der Waals surface area contributed by atoms with Crippen LogP contribution in [0.25, 0.3) is 0 Å². The van der Waals surface area contributed by atoms with Crippen molar-refractivity contribution < 1.29 is 33.3 Å². The first kappa shape index (κ1) is 42.9. The maximum absolute atomic E-state index is 12.9. The Hall–Kier alpha value is -3.23. The monoisotopic (exact) mass is 738 g/mol. The standard InChI is InChI=1S/C15H23N3O3.C14H21N3O4.C6H15ClSi/c1-8(2)13(12-6-10(4)17-21-12)15(20)18-7-9(3)5-11(18)14(16)19;1-7(2)12(11-4-8(3)16-21-11)14(20)17-6-9(18)5-10(17)13(15)19;1-6(2,3)8(4,5)7/h6,8-9,11,13H,5,7H2,1-4H3,(H2,16,19);4,7,9-10,12,18H,5-6H2,1-3H3,(H2,15,19);1-5H3/t9-,11+,13?;9-,10+,12?;/m11./s1. The lowest BCUT2D eigenvalue weighted by molar-refractivity contribution is -0.140. The molecule has 0 aromatic carbocycles. The Kier molecular flexibility index (Phi) is 14.9. The van der Waals surface area contributed by atoms with Crippen LogP contribution >= 0.6 is 11.1 Å². The molecule has 2 aromatic heterocycles. The van der Waals surface area contributed by atoms with E-state index in [-0.39, 0.29) is 42.5 Å². The Morgan fingerprint density at radius 2 is 1.20 bits per heavy atom. The molecule has 0 aliphatic carbocycles. The number of aromatic nitrogens is 2. The topological polar surface area (TPSA) is 199 Å². The number of primary amides is 2. The number of rotatable bonds is 8. The van der Waals surface area contributed by atoms with Gasteiger partial charge in [-0.25, -0.2) is 0 Å². The third-order valence-corrected chi connectivity index (χ3v) is 14.8. The molecule has 2 aliphatic rings. The van der Waals surface area contributed by atoms with E-state index < -0.39 is 49.2 Å². The van der Waals surface area contributed by atoms with Crippen LogP contribution in [0.5, 0.6) is 0 Å². The predicted octanol–water partition coefficient (Wildman–Crippen LogP) is 4.85. The lowest BCUT2D eigenvalue weighted by Crippen LogP contribution is -2.46. The van der Waals surface area contributed by atoms with Gasteiger partial charge in [0.25, 0.3) is 0 Å². The van der Waals surface area contributed by atoms with Gasteiger partial charge in [0.2, 0.25) is 23.6 Å². The third kappa shape index (κ3) is 11.1. The molecule has 0 bridgehead atoms. The molecule has 2 aliphatic heterocycles. The molecule has 4 rings (SSSR count). The smallest absolute Gasteiger partial charge is 0.240 e. The van der Waals surface area contributed by atoms with Crippen LogP contribution in [0.2, 0.25) is 18.1 Å². The van der Waals surface area contributed by atoms with Gasteiger partial charge in [-0.2, -0.15) is 11.1 Å². The lowest BCUT2D eigenvalue weighted by Gasteiger charge is -2.29. The number of aryl methyl sites for hydroxylation is 2. The number of nitrogens with two attached hydrogens (primary N) is 2. The van der Waals surface area contributed by atoms with Gasteiger partial charge in [0.05, 0.1) is 17.5 Å². The van der Waals surface area contributed by atoms with Gasteiger partial charge in [-0.3, -0.25) is 19.2 Å². The van der Waals surface area contributed by atoms with Crippen molar-refractivity contribution in [2.75, 3.05) is 13.1 Å². The molecule has 50 heavy (non-hydrogen) atoms. The van der Waals surface area contributed by atoms with E-state index in [0.29, 0.717) is 35.2 Å². The highest BCUT2D eigenvalue weighted by Gasteiger charge is 2.43. The first-order valence-electron chi connectivity index (χ1n) is 17.3. The molecule has 2 unspecified atom stereocenters. The van der Waals surface area contributed by atoms with E-state index in [9.17, 15) is 24.3 Å². The summed E-state index contributed by atoms with van der Waals surface area (Å²) in [4.78, 5) is 51.7. The van der Waals surface area contributed by atoms with Gasteiger partial charge < -0.3 is 35.4 Å². The van der Waals surface area contributed by atoms with Crippen molar-refractivity contribution in [2.24, 2.45) is 29.2 Å². The van der Waals surface area contributed by atoms with Crippen molar-refractivity contribution in [1.29, 1.82) is 0 Å². The zero-order chi connectivity index (χ0) is 38.5. The molecular weight excluding hydrogens is 680 g/mol. The molecule has 5 N–H and O–H groups in total. The van der Waals surface area contributed by atoms with Crippen molar-refractivity contribution in [1.82, 2.24) is 20.1 Å². The molecule has 0 radical (unpaired) electrons. The van der Waals surface area contributed by atoms with Crippen molar-refractivity contribution in [2.45, 2.75) is 130 Å². The van der Waals surface area contributed by atoms with Crippen LogP contribution in [0.4, 0.5) is 0 Å². The van der Waals surface area contributed by atoms with E-state index in [1.165, 1.54) is 4.90 Å². The van der Waals surface area contributed by atoms with Gasteiger partial charge in [0.1, 0.15) is 35.4 Å². The quantitative estimate of drug-likeness (QED) is 0.250. The van der Waals surface area contributed by atoms with Crippen molar-refractivity contribution in [3.63, 3.8) is 0 Å². The van der Waals surface area contributed by atoms with Crippen LogP contribution in [0.1, 0.15) is 103 Å². The largest absolute Gasteiger partial charge is 0.391 e. The molecule has 282 valence electrons. The highest BCUT2D eigenvalue weighted by Crippen LogP contribution is 2.38. The SMILES string of the molecule is CC(C)(C)[Si](C)(C)Cl.Cc1cc(C(C(=O)N2C[C@H](C)C[C@H]2C(N)=O)C(C)C)on1.Cc1cc(C(C(=O)N2C[C@H](O)C[C@H]2C(N)=O)C(C)C)on1. The van der Waals surface area contributed by atoms with Crippen molar-refractivity contribution in [3.8, 4) is 0 Å². The summed E-state index contributed by atoms with van der Waals surface area (Å²) in [6.45, 7) is 24.9. The summed E-state index contributed by atoms with van der Waals surface area (Å²) in [5, 5.41) is 17.7. The summed E-state index contributed by atoms with van der Waals surface area (Å²) < 4.78 is 10.5. The number of amides is 4. The van der Waals surface area contributed by atoms with Gasteiger partial charge >= 0.3 is 0 Å². The summed E-state index contributed by atoms with van der Waals surface area (Å²) in [5.41, 5.74) is 12.2. The predicted molar refractivity (Wildman–Crippen MR) is 194 cm³/mol. The van der Waals surface area contributed by atoms with E-state index in [1.54, 1.807) is 24.0 Å². The first-order valence-corrected chi connectivity index (χ1v) is 21.3. The fraction of sp³-hybridized carbons (Fsp3) is 0.714. The number of β-amino-alcohol motifs (C(OH)–C–C–N with tert-alkyl or cyclic N) is 1. The number of carbonyl (C=O) groups excluding carboxylic acids is 4. The second-order valence-corrected chi connectivity index (χ2v) is 23.2. The number of hydrogen-bond donors (Lipinski definition) is 3. The molecule has 2 aromatic rings. The van der Waals surface area contributed by atoms with E-state index in [0.717, 1.165) is 5.69 Å². The zero-order valence-electron chi connectivity index (χ0n) is 31.8. The summed E-state index contributed by atoms with van der Waals surface area (Å²) in [6, 6.07) is 2.21. The van der Waals surface area contributed by atoms with Gasteiger partial charge in [-0.1, -0.05) is 78.8 Å². The second-order valence-electron chi connectivity index (χ2n) is 16.0. The first-order chi connectivity index (χ1) is 22.9. The molecule has 2 saturated heterocycles. The fourth-order valence-corrected chi connectivity index (χ4v) is 5.77. The van der Waals surface area contributed by atoms with Crippen LogP contribution in [-0.4, -0.2) is 87.5 Å². The molecule has 4 amide bonds. The summed E-state index contributed by atoms with van der Waals surface area (Å²) in [7, 11) is -1.39. The number of aliphatic hydroxyl groups excluding tert-OH is 1. The summed E-state index contributed by atoms with van der Waals surface area (Å²) in [6.07, 6.45) is 0.0820. The molecule has 15 heteroatoms. The molecule has 4 heterocycles. The van der Waals surface area contributed by atoms with Crippen molar-refractivity contribution in [3.05, 3.63) is 35.0 Å². The Balaban J connectivity index is 0.000000286. The molecular formula is C35H59ClN6O7Si. The Morgan fingerprint density at radius 3 is 1.50 bits per heavy atom. The van der Waals surface area contributed by atoms with Crippen LogP contribution in [-0.2, 0) is 19.2 Å². The maximum atomic E-state index is 12.9. The average molecular weight is 739 g/mol. The third-order valence-electron chi connectivity index (χ3n) is 9.57. The van der Waals surface area contributed by atoms with Gasteiger partial charge in [-0.15, -0.1) is 0 Å². The number of halogens is 1. The summed E-state index contributed by atoms with van der Waals surface area (Å²) in [5.74, 6) is -1.07. The fourth-order valence-electron chi connectivity index (χ4n) is 5.77. The lowest BCUT2D eigenvalue weighted by atomic mass is 9.91. The van der Waals surface area contributed by atoms with E-state index in [1.807, 2.05) is 41.5 Å². The van der Waals surface area contributed by atoms with Crippen LogP contribution in [0.3, 0.4) is 0 Å². The number of likely N-dealkylation sites (tertiary alicyclic amines) is 2. The minimum atomic E-state index is -1.39. The summed E-state index contributed by atoms with van der Waals surface area (Å²) >= 11 is 6.15. The van der Waals surface area contributed by atoms with Gasteiger partial charge in [0.15, 0.2) is 7.38 Å². The number of carbonyl (C=O) groups is 4. The number of hydrogen-bond acceptors (Lipinski definition) is 9. The van der Waals surface area contributed by atoms with Crippen LogP contribution < -0.4 is 11.5 Å². The second kappa shape index (κ2) is 17.3. The highest BCUT2D eigenvalue weighted by molar-refractivity contribution is 7.20. The molecule has 0 spiro atoms. The zero-order valence-corrected chi connectivity index (χ0v) is 33.6. The van der Waals surface area contributed by atoms with Crippen LogP contribution in [0, 0.1) is 31.6 Å². The van der Waals surface area contributed by atoms with Crippen LogP contribution in [0.15, 0.2) is 21.2 Å². The maximum Gasteiger partial charge on any atom is 0.240 e. The Morgan fingerprint density at radius 1 is 0.840 bits per heavy atom. The Bertz CT molecular complexity index is 1360. The van der Waals surface area contributed by atoms with Crippen molar-refractivity contribution >= 4 is 42.1 Å².